The molecule has 1 aromatic rings. The van der Waals surface area contributed by atoms with Gasteiger partial charge in [-0.1, -0.05) is 22.4 Å². The van der Waals surface area contributed by atoms with Crippen molar-refractivity contribution >= 4 is 15.9 Å². The Balaban J connectivity index is 1.96. The number of rotatable bonds is 3. The van der Waals surface area contributed by atoms with E-state index in [1.165, 1.54) is 32.4 Å². The number of hydrogen-bond acceptors (Lipinski definition) is 3. The van der Waals surface area contributed by atoms with Crippen molar-refractivity contribution in [3.05, 3.63) is 23.8 Å². The fourth-order valence-corrected chi connectivity index (χ4v) is 2.22. The van der Waals surface area contributed by atoms with Crippen molar-refractivity contribution in [3.63, 3.8) is 0 Å². The minimum atomic E-state index is 0.808. The average Bonchev–Trinajstić information content (AvgIpc) is 2.31. The van der Waals surface area contributed by atoms with Crippen molar-refractivity contribution in [1.82, 2.24) is 14.9 Å². The summed E-state index contributed by atoms with van der Waals surface area (Å²) in [7, 11) is 0. The van der Waals surface area contributed by atoms with Gasteiger partial charge in [-0.15, -0.1) is 0 Å². The summed E-state index contributed by atoms with van der Waals surface area (Å²) in [5.74, 6) is 0.953. The molecule has 0 spiro atoms. The number of halogens is 1. The molecule has 0 radical (unpaired) electrons. The summed E-state index contributed by atoms with van der Waals surface area (Å²) in [6.45, 7) is 3.30. The molecule has 0 N–H and O–H groups in total. The van der Waals surface area contributed by atoms with Crippen molar-refractivity contribution in [2.45, 2.75) is 31.1 Å². The maximum absolute atomic E-state index is 4.49. The topological polar surface area (TPSA) is 29.0 Å². The van der Waals surface area contributed by atoms with Crippen LogP contribution >= 0.6 is 15.9 Å². The molecule has 1 aliphatic rings. The molecule has 1 aromatic heterocycles. The zero-order valence-electron chi connectivity index (χ0n) is 8.82. The molecule has 0 bridgehead atoms. The van der Waals surface area contributed by atoms with Gasteiger partial charge in [0.25, 0.3) is 0 Å². The third kappa shape index (κ3) is 3.24. The molecular weight excluding hydrogens is 254 g/mol. The van der Waals surface area contributed by atoms with E-state index in [4.69, 9.17) is 0 Å². The van der Waals surface area contributed by atoms with Crippen LogP contribution in [0.1, 0.15) is 30.8 Å². The van der Waals surface area contributed by atoms with Crippen molar-refractivity contribution in [2.75, 3.05) is 13.1 Å². The van der Waals surface area contributed by atoms with Gasteiger partial charge in [0.15, 0.2) is 0 Å². The summed E-state index contributed by atoms with van der Waals surface area (Å²) in [6.07, 6.45) is 5.86. The van der Waals surface area contributed by atoms with Gasteiger partial charge in [-0.2, -0.15) is 0 Å². The summed E-state index contributed by atoms with van der Waals surface area (Å²) < 4.78 is 0. The van der Waals surface area contributed by atoms with Crippen molar-refractivity contribution in [3.8, 4) is 0 Å². The standard InChI is InChI=1S/C11H16BrN3/c12-8-10-4-5-13-11(14-10)9-15-6-2-1-3-7-15/h4-5H,1-3,6-9H2. The minimum Gasteiger partial charge on any atom is -0.296 e. The first-order valence-corrected chi connectivity index (χ1v) is 6.60. The van der Waals surface area contributed by atoms with Gasteiger partial charge in [-0.05, 0) is 32.0 Å². The van der Waals surface area contributed by atoms with Gasteiger partial charge in [0.1, 0.15) is 5.82 Å². The Hall–Kier alpha value is -0.480. The van der Waals surface area contributed by atoms with Gasteiger partial charge in [0.2, 0.25) is 0 Å². The maximum Gasteiger partial charge on any atom is 0.142 e. The lowest BCUT2D eigenvalue weighted by molar-refractivity contribution is 0.216. The summed E-state index contributed by atoms with van der Waals surface area (Å²) in [4.78, 5) is 11.2. The van der Waals surface area contributed by atoms with Crippen molar-refractivity contribution in [1.29, 1.82) is 0 Å². The van der Waals surface area contributed by atoms with Crippen LogP contribution in [0, 0.1) is 0 Å². The molecule has 15 heavy (non-hydrogen) atoms. The van der Waals surface area contributed by atoms with E-state index >= 15 is 0 Å². The molecule has 1 saturated heterocycles. The first kappa shape index (κ1) is 11.0. The lowest BCUT2D eigenvalue weighted by atomic mass is 10.1. The molecular formula is C11H16BrN3. The highest BCUT2D eigenvalue weighted by molar-refractivity contribution is 9.08. The minimum absolute atomic E-state index is 0.808. The lowest BCUT2D eigenvalue weighted by Gasteiger charge is -2.25. The zero-order valence-corrected chi connectivity index (χ0v) is 10.4. The lowest BCUT2D eigenvalue weighted by Crippen LogP contribution is -2.29. The first-order valence-electron chi connectivity index (χ1n) is 5.47. The second-order valence-corrected chi connectivity index (χ2v) is 4.50. The van der Waals surface area contributed by atoms with E-state index in [0.29, 0.717) is 0 Å². The predicted octanol–water partition coefficient (Wildman–Crippen LogP) is 2.36. The molecule has 82 valence electrons. The summed E-state index contributed by atoms with van der Waals surface area (Å²) in [5.41, 5.74) is 1.07. The normalized spacial score (nSPS) is 17.9. The summed E-state index contributed by atoms with van der Waals surface area (Å²) in [6, 6.07) is 1.95. The Morgan fingerprint density at radius 2 is 2.07 bits per heavy atom. The molecule has 0 aromatic carbocycles. The smallest absolute Gasteiger partial charge is 0.142 e. The highest BCUT2D eigenvalue weighted by Gasteiger charge is 2.11. The van der Waals surface area contributed by atoms with Crippen molar-refractivity contribution in [2.24, 2.45) is 0 Å². The fourth-order valence-electron chi connectivity index (χ4n) is 1.91. The maximum atomic E-state index is 4.49. The second kappa shape index (κ2) is 5.56. The molecule has 0 saturated carbocycles. The van der Waals surface area contributed by atoms with Crippen LogP contribution in [-0.2, 0) is 11.9 Å². The molecule has 0 amide bonds. The largest absolute Gasteiger partial charge is 0.296 e. The Bertz CT molecular complexity index is 310. The van der Waals surface area contributed by atoms with Gasteiger partial charge < -0.3 is 0 Å². The molecule has 0 unspecified atom stereocenters. The van der Waals surface area contributed by atoms with E-state index in [1.807, 2.05) is 12.3 Å². The third-order valence-electron chi connectivity index (χ3n) is 2.71. The third-order valence-corrected chi connectivity index (χ3v) is 3.29. The van der Waals surface area contributed by atoms with Gasteiger partial charge in [-0.25, -0.2) is 9.97 Å². The Morgan fingerprint density at radius 3 is 2.80 bits per heavy atom. The van der Waals surface area contributed by atoms with Gasteiger partial charge in [-0.3, -0.25) is 4.90 Å². The predicted molar refractivity (Wildman–Crippen MR) is 63.8 cm³/mol. The van der Waals surface area contributed by atoms with Gasteiger partial charge >= 0.3 is 0 Å². The van der Waals surface area contributed by atoms with E-state index in [2.05, 4.69) is 30.8 Å². The number of aromatic nitrogens is 2. The van der Waals surface area contributed by atoms with Crippen LogP contribution in [0.2, 0.25) is 0 Å². The zero-order chi connectivity index (χ0) is 10.5. The molecule has 2 rings (SSSR count). The molecule has 2 heterocycles. The fraction of sp³-hybridized carbons (Fsp3) is 0.636. The van der Waals surface area contributed by atoms with E-state index in [-0.39, 0.29) is 0 Å². The first-order chi connectivity index (χ1) is 7.38. The van der Waals surface area contributed by atoms with Gasteiger partial charge in [0, 0.05) is 11.5 Å². The second-order valence-electron chi connectivity index (χ2n) is 3.93. The molecule has 0 aliphatic carbocycles. The van der Waals surface area contributed by atoms with Crippen LogP contribution in [0.15, 0.2) is 12.3 Å². The number of piperidine rings is 1. The highest BCUT2D eigenvalue weighted by Crippen LogP contribution is 2.11. The molecule has 3 nitrogen and oxygen atoms in total. The highest BCUT2D eigenvalue weighted by atomic mass is 79.9. The van der Waals surface area contributed by atoms with Gasteiger partial charge in [0.05, 0.1) is 12.2 Å². The SMILES string of the molecule is BrCc1ccnc(CN2CCCCC2)n1. The molecule has 1 fully saturated rings. The Morgan fingerprint density at radius 1 is 1.27 bits per heavy atom. The van der Waals surface area contributed by atoms with Crippen LogP contribution in [0.4, 0.5) is 0 Å². The number of hydrogen-bond donors (Lipinski definition) is 0. The van der Waals surface area contributed by atoms with Crippen LogP contribution in [0.5, 0.6) is 0 Å². The van der Waals surface area contributed by atoms with Crippen LogP contribution in [0.3, 0.4) is 0 Å². The molecule has 1 aliphatic heterocycles. The number of alkyl halides is 1. The monoisotopic (exact) mass is 269 g/mol. The number of nitrogens with zero attached hydrogens (tertiary/aromatic N) is 3. The molecule has 4 heteroatoms. The molecule has 0 atom stereocenters. The average molecular weight is 270 g/mol. The van der Waals surface area contributed by atoms with Crippen molar-refractivity contribution < 1.29 is 0 Å². The Kier molecular flexibility index (Phi) is 4.09. The quantitative estimate of drug-likeness (QED) is 0.789. The Labute approximate surface area is 99.0 Å². The van der Waals surface area contributed by atoms with Crippen LogP contribution in [-0.4, -0.2) is 28.0 Å². The van der Waals surface area contributed by atoms with E-state index in [1.54, 1.807) is 0 Å². The van der Waals surface area contributed by atoms with E-state index in [0.717, 1.165) is 23.4 Å². The van der Waals surface area contributed by atoms with E-state index in [9.17, 15) is 0 Å². The summed E-state index contributed by atoms with van der Waals surface area (Å²) in [5, 5.41) is 0.808. The van der Waals surface area contributed by atoms with E-state index < -0.39 is 0 Å². The van der Waals surface area contributed by atoms with Crippen LogP contribution in [0.25, 0.3) is 0 Å². The van der Waals surface area contributed by atoms with Crippen LogP contribution < -0.4 is 0 Å². The summed E-state index contributed by atoms with van der Waals surface area (Å²) >= 11 is 3.41. The number of likely N-dealkylation sites (tertiary alicyclic amines) is 1.